The van der Waals surface area contributed by atoms with Crippen LogP contribution in [0.3, 0.4) is 0 Å². The van der Waals surface area contributed by atoms with Crippen molar-refractivity contribution in [2.75, 3.05) is 0 Å². The predicted molar refractivity (Wildman–Crippen MR) is 76.3 cm³/mol. The standard InChI is InChI=1S/C15H18Si/c1-16(2,3)11-10-13-8-9-14-6-4-5-7-15(14)12-13/h4-12H,1-3H3/b11-10+. The average Bonchev–Trinajstić information content (AvgIpc) is 2.25. The number of fused-ring (bicyclic) bond motifs is 1. The van der Waals surface area contributed by atoms with E-state index in [0.717, 1.165) is 0 Å². The maximum Gasteiger partial charge on any atom is 0.0687 e. The molecule has 82 valence electrons. The Balaban J connectivity index is 2.37. The molecule has 0 fully saturated rings. The van der Waals surface area contributed by atoms with E-state index in [2.05, 4.69) is 73.9 Å². The van der Waals surface area contributed by atoms with E-state index in [4.69, 9.17) is 0 Å². The van der Waals surface area contributed by atoms with Crippen LogP contribution in [-0.4, -0.2) is 8.07 Å². The fourth-order valence-electron chi connectivity index (χ4n) is 1.66. The first-order valence-corrected chi connectivity index (χ1v) is 9.30. The lowest BCUT2D eigenvalue weighted by Gasteiger charge is -2.08. The van der Waals surface area contributed by atoms with Crippen molar-refractivity contribution in [3.05, 3.63) is 53.7 Å². The molecule has 0 unspecified atom stereocenters. The Morgan fingerprint density at radius 1 is 0.875 bits per heavy atom. The molecule has 2 aromatic carbocycles. The molecule has 0 aliphatic rings. The molecule has 2 aromatic rings. The minimum Gasteiger partial charge on any atom is -0.0944 e. The van der Waals surface area contributed by atoms with Gasteiger partial charge in [0.25, 0.3) is 0 Å². The first kappa shape index (κ1) is 11.2. The molecule has 0 amide bonds. The topological polar surface area (TPSA) is 0 Å². The van der Waals surface area contributed by atoms with Crippen molar-refractivity contribution in [1.82, 2.24) is 0 Å². The Morgan fingerprint density at radius 2 is 1.56 bits per heavy atom. The summed E-state index contributed by atoms with van der Waals surface area (Å²) in [6.07, 6.45) is 2.26. The molecule has 0 radical (unpaired) electrons. The van der Waals surface area contributed by atoms with Crippen LogP contribution >= 0.6 is 0 Å². The van der Waals surface area contributed by atoms with Crippen LogP contribution in [0.15, 0.2) is 48.2 Å². The Hall–Kier alpha value is -1.34. The average molecular weight is 226 g/mol. The molecule has 0 saturated heterocycles. The lowest BCUT2D eigenvalue weighted by atomic mass is 10.1. The van der Waals surface area contributed by atoms with Crippen molar-refractivity contribution in [2.45, 2.75) is 19.6 Å². The van der Waals surface area contributed by atoms with Crippen molar-refractivity contribution < 1.29 is 0 Å². The summed E-state index contributed by atoms with van der Waals surface area (Å²) in [5.74, 6) is 0. The molecular formula is C15H18Si. The zero-order valence-electron chi connectivity index (χ0n) is 10.2. The fourth-order valence-corrected chi connectivity index (χ4v) is 2.35. The normalized spacial score (nSPS) is 12.4. The third-order valence-corrected chi connectivity index (χ3v) is 3.72. The van der Waals surface area contributed by atoms with E-state index in [0.29, 0.717) is 0 Å². The zero-order valence-corrected chi connectivity index (χ0v) is 11.2. The molecule has 0 aromatic heterocycles. The van der Waals surface area contributed by atoms with Crippen molar-refractivity contribution in [3.8, 4) is 0 Å². The Kier molecular flexibility index (Phi) is 2.97. The fraction of sp³-hybridized carbons (Fsp3) is 0.200. The van der Waals surface area contributed by atoms with Gasteiger partial charge in [0, 0.05) is 0 Å². The maximum atomic E-state index is 2.39. The van der Waals surface area contributed by atoms with Gasteiger partial charge in [0.15, 0.2) is 0 Å². The summed E-state index contributed by atoms with van der Waals surface area (Å²) in [6.45, 7) is 7.06. The quantitative estimate of drug-likeness (QED) is 0.649. The summed E-state index contributed by atoms with van der Waals surface area (Å²) in [4.78, 5) is 0. The third kappa shape index (κ3) is 2.83. The third-order valence-electron chi connectivity index (χ3n) is 2.55. The summed E-state index contributed by atoms with van der Waals surface area (Å²) in [7, 11) is -1.09. The molecule has 0 saturated carbocycles. The number of rotatable bonds is 2. The molecular weight excluding hydrogens is 208 g/mol. The first-order chi connectivity index (χ1) is 7.54. The number of hydrogen-bond acceptors (Lipinski definition) is 0. The monoisotopic (exact) mass is 226 g/mol. The van der Waals surface area contributed by atoms with Crippen LogP contribution < -0.4 is 0 Å². The van der Waals surface area contributed by atoms with Crippen LogP contribution in [-0.2, 0) is 0 Å². The van der Waals surface area contributed by atoms with Gasteiger partial charge in [-0.3, -0.25) is 0 Å². The van der Waals surface area contributed by atoms with Crippen LogP contribution in [0.2, 0.25) is 19.6 Å². The summed E-state index contributed by atoms with van der Waals surface area (Å²) < 4.78 is 0. The van der Waals surface area contributed by atoms with E-state index >= 15 is 0 Å². The Bertz CT molecular complexity index is 518. The van der Waals surface area contributed by atoms with Gasteiger partial charge in [-0.1, -0.05) is 67.8 Å². The van der Waals surface area contributed by atoms with Crippen molar-refractivity contribution >= 4 is 24.9 Å². The summed E-state index contributed by atoms with van der Waals surface area (Å²) in [6, 6.07) is 15.1. The number of hydrogen-bond donors (Lipinski definition) is 0. The van der Waals surface area contributed by atoms with Gasteiger partial charge in [0.2, 0.25) is 0 Å². The van der Waals surface area contributed by atoms with E-state index in [1.165, 1.54) is 16.3 Å². The first-order valence-electron chi connectivity index (χ1n) is 5.73. The minimum atomic E-state index is -1.09. The second kappa shape index (κ2) is 4.26. The molecule has 0 atom stereocenters. The molecule has 0 heterocycles. The molecule has 0 spiro atoms. The van der Waals surface area contributed by atoms with Crippen LogP contribution in [0.25, 0.3) is 16.8 Å². The van der Waals surface area contributed by atoms with Gasteiger partial charge in [0.05, 0.1) is 8.07 Å². The largest absolute Gasteiger partial charge is 0.0944 e. The summed E-state index contributed by atoms with van der Waals surface area (Å²) in [5, 5.41) is 2.63. The SMILES string of the molecule is C[Si](C)(C)/C=C/c1ccc2ccccc2c1. The second-order valence-corrected chi connectivity index (χ2v) is 10.4. The van der Waals surface area contributed by atoms with Gasteiger partial charge in [-0.15, -0.1) is 0 Å². The molecule has 0 aliphatic heterocycles. The van der Waals surface area contributed by atoms with E-state index in [1.54, 1.807) is 0 Å². The molecule has 1 heteroatoms. The molecule has 16 heavy (non-hydrogen) atoms. The highest BCUT2D eigenvalue weighted by molar-refractivity contribution is 6.81. The molecule has 0 N–H and O–H groups in total. The molecule has 0 bridgehead atoms. The Morgan fingerprint density at radius 3 is 2.25 bits per heavy atom. The minimum absolute atomic E-state index is 1.09. The van der Waals surface area contributed by atoms with Crippen LogP contribution in [0, 0.1) is 0 Å². The van der Waals surface area contributed by atoms with Crippen LogP contribution in [0.5, 0.6) is 0 Å². The summed E-state index contributed by atoms with van der Waals surface area (Å²) in [5.41, 5.74) is 3.69. The molecule has 0 aliphatic carbocycles. The maximum absolute atomic E-state index is 2.39. The molecule has 0 nitrogen and oxygen atoms in total. The van der Waals surface area contributed by atoms with Gasteiger partial charge >= 0.3 is 0 Å². The lowest BCUT2D eigenvalue weighted by Crippen LogP contribution is -2.15. The highest BCUT2D eigenvalue weighted by atomic mass is 28.3. The van der Waals surface area contributed by atoms with Gasteiger partial charge in [0.1, 0.15) is 0 Å². The smallest absolute Gasteiger partial charge is 0.0687 e. The van der Waals surface area contributed by atoms with Gasteiger partial charge in [-0.25, -0.2) is 0 Å². The highest BCUT2D eigenvalue weighted by Crippen LogP contribution is 2.17. The number of benzene rings is 2. The van der Waals surface area contributed by atoms with Gasteiger partial charge in [-0.05, 0) is 22.4 Å². The van der Waals surface area contributed by atoms with E-state index < -0.39 is 8.07 Å². The van der Waals surface area contributed by atoms with E-state index in [1.807, 2.05) is 0 Å². The molecule has 2 rings (SSSR count). The lowest BCUT2D eigenvalue weighted by molar-refractivity contribution is 1.70. The van der Waals surface area contributed by atoms with Crippen molar-refractivity contribution in [2.24, 2.45) is 0 Å². The Labute approximate surface area is 98.6 Å². The van der Waals surface area contributed by atoms with Crippen molar-refractivity contribution in [3.63, 3.8) is 0 Å². The van der Waals surface area contributed by atoms with Crippen molar-refractivity contribution in [1.29, 1.82) is 0 Å². The zero-order chi connectivity index (χ0) is 11.6. The predicted octanol–water partition coefficient (Wildman–Crippen LogP) is 4.73. The van der Waals surface area contributed by atoms with E-state index in [-0.39, 0.29) is 0 Å². The summed E-state index contributed by atoms with van der Waals surface area (Å²) >= 11 is 0. The van der Waals surface area contributed by atoms with Crippen LogP contribution in [0.4, 0.5) is 0 Å². The van der Waals surface area contributed by atoms with Gasteiger partial charge < -0.3 is 0 Å². The second-order valence-electron chi connectivity index (χ2n) is 5.31. The highest BCUT2D eigenvalue weighted by Gasteiger charge is 2.06. The van der Waals surface area contributed by atoms with Crippen LogP contribution in [0.1, 0.15) is 5.56 Å². The van der Waals surface area contributed by atoms with E-state index in [9.17, 15) is 0 Å². The van der Waals surface area contributed by atoms with Gasteiger partial charge in [-0.2, -0.15) is 0 Å².